The SMILES string of the molecule is CCCCCCCC/C=C/CCCCCCCC(=O)OC[C@@H](COP(=O)(O)OC[C@H](N)C(=O)O)OC(=O)CCCCCCC/C=C/CCCCCCCC. The lowest BCUT2D eigenvalue weighted by Crippen LogP contribution is -2.34. The van der Waals surface area contributed by atoms with Crippen LogP contribution in [0.3, 0.4) is 0 Å². The van der Waals surface area contributed by atoms with Crippen LogP contribution in [0.5, 0.6) is 0 Å². The molecule has 0 heterocycles. The molecule has 12 heteroatoms. The van der Waals surface area contributed by atoms with Crippen LogP contribution in [-0.2, 0) is 37.5 Å². The number of nitrogens with two attached hydrogens (primary N) is 1. The average Bonchev–Trinajstić information content (AvgIpc) is 3.14. The summed E-state index contributed by atoms with van der Waals surface area (Å²) in [6, 6.07) is -1.52. The van der Waals surface area contributed by atoms with E-state index in [9.17, 15) is 23.8 Å². The van der Waals surface area contributed by atoms with Gasteiger partial charge in [0.2, 0.25) is 0 Å². The zero-order chi connectivity index (χ0) is 40.0. The van der Waals surface area contributed by atoms with Gasteiger partial charge in [0.05, 0.1) is 13.2 Å². The number of carboxylic acids is 1. The smallest absolute Gasteiger partial charge is 0.472 e. The van der Waals surface area contributed by atoms with Crippen LogP contribution in [0.4, 0.5) is 0 Å². The van der Waals surface area contributed by atoms with Gasteiger partial charge in [0.1, 0.15) is 12.6 Å². The van der Waals surface area contributed by atoms with Crippen LogP contribution < -0.4 is 5.73 Å². The third kappa shape index (κ3) is 36.9. The molecule has 1 unspecified atom stereocenters. The monoisotopic (exact) mass is 788 g/mol. The number of allylic oxidation sites excluding steroid dienone is 4. The fraction of sp³-hybridized carbons (Fsp3) is 0.833. The van der Waals surface area contributed by atoms with Crippen molar-refractivity contribution in [3.05, 3.63) is 24.3 Å². The highest BCUT2D eigenvalue weighted by atomic mass is 31.2. The Kier molecular flexibility index (Phi) is 36.4. The molecule has 0 bridgehead atoms. The maximum absolute atomic E-state index is 12.6. The van der Waals surface area contributed by atoms with Gasteiger partial charge in [0.15, 0.2) is 6.10 Å². The van der Waals surface area contributed by atoms with Crippen molar-refractivity contribution in [1.29, 1.82) is 0 Å². The van der Waals surface area contributed by atoms with Crippen LogP contribution in [0, 0.1) is 0 Å². The molecule has 0 aromatic carbocycles. The molecule has 0 amide bonds. The first-order valence-electron chi connectivity index (χ1n) is 21.4. The van der Waals surface area contributed by atoms with E-state index < -0.39 is 51.1 Å². The highest BCUT2D eigenvalue weighted by Crippen LogP contribution is 2.43. The molecule has 0 aromatic heterocycles. The minimum atomic E-state index is -4.71. The van der Waals surface area contributed by atoms with Crippen molar-refractivity contribution >= 4 is 25.7 Å². The van der Waals surface area contributed by atoms with Crippen LogP contribution in [0.2, 0.25) is 0 Å². The summed E-state index contributed by atoms with van der Waals surface area (Å²) in [5.74, 6) is -2.39. The lowest BCUT2D eigenvalue weighted by molar-refractivity contribution is -0.161. The van der Waals surface area contributed by atoms with Gasteiger partial charge in [-0.05, 0) is 64.2 Å². The van der Waals surface area contributed by atoms with E-state index in [0.29, 0.717) is 12.8 Å². The Bertz CT molecular complexity index is 1020. The standard InChI is InChI=1S/C42H78NO10P/c1-3-5-7-9-11-13-15-17-19-21-23-25-27-29-31-33-40(44)50-35-38(36-51-54(48,49)52-37-39(43)42(46)47)53-41(45)34-32-30-28-26-24-22-20-18-16-14-12-10-8-6-4-2/h17-20,38-39H,3-16,21-37,43H2,1-2H3,(H,46,47)(H,48,49)/b19-17+,20-18+/t38-,39-/m0/s1. The maximum Gasteiger partial charge on any atom is 0.472 e. The van der Waals surface area contributed by atoms with Gasteiger partial charge >= 0.3 is 25.7 Å². The summed E-state index contributed by atoms with van der Waals surface area (Å²) in [6.07, 6.45) is 38.1. The summed E-state index contributed by atoms with van der Waals surface area (Å²) in [7, 11) is -4.71. The summed E-state index contributed by atoms with van der Waals surface area (Å²) in [5, 5.41) is 8.88. The molecule has 0 spiro atoms. The molecule has 0 radical (unpaired) electrons. The van der Waals surface area contributed by atoms with E-state index in [1.807, 2.05) is 0 Å². The predicted octanol–water partition coefficient (Wildman–Crippen LogP) is 11.1. The number of unbranched alkanes of at least 4 members (excludes halogenated alkanes) is 22. The van der Waals surface area contributed by atoms with E-state index in [1.54, 1.807) is 0 Å². The van der Waals surface area contributed by atoms with Gasteiger partial charge in [-0.2, -0.15) is 0 Å². The van der Waals surface area contributed by atoms with Gasteiger partial charge in [-0.3, -0.25) is 23.4 Å². The molecule has 11 nitrogen and oxygen atoms in total. The summed E-state index contributed by atoms with van der Waals surface area (Å²) in [6.45, 7) is 2.78. The van der Waals surface area contributed by atoms with Crippen molar-refractivity contribution in [3.8, 4) is 0 Å². The first kappa shape index (κ1) is 52.0. The number of carboxylic acid groups (broad SMARTS) is 1. The van der Waals surface area contributed by atoms with E-state index in [-0.39, 0.29) is 19.4 Å². The first-order valence-corrected chi connectivity index (χ1v) is 22.9. The first-order chi connectivity index (χ1) is 26.1. The van der Waals surface area contributed by atoms with Crippen molar-refractivity contribution in [2.45, 2.75) is 206 Å². The third-order valence-electron chi connectivity index (χ3n) is 9.17. The lowest BCUT2D eigenvalue weighted by atomic mass is 10.1. The molecule has 0 saturated carbocycles. The second-order valence-corrected chi connectivity index (χ2v) is 15.9. The number of aliphatic carboxylic acids is 1. The molecule has 316 valence electrons. The molecule has 0 rings (SSSR count). The van der Waals surface area contributed by atoms with E-state index in [4.69, 9.17) is 24.8 Å². The Morgan fingerprint density at radius 1 is 0.556 bits per heavy atom. The summed E-state index contributed by atoms with van der Waals surface area (Å²) < 4.78 is 32.6. The molecule has 54 heavy (non-hydrogen) atoms. The molecular weight excluding hydrogens is 709 g/mol. The number of carbonyl (C=O) groups is 3. The molecule has 0 aliphatic heterocycles. The van der Waals surface area contributed by atoms with Gasteiger partial charge < -0.3 is 25.2 Å². The number of phosphoric acid groups is 1. The Hall–Kier alpha value is -2.04. The Morgan fingerprint density at radius 2 is 0.926 bits per heavy atom. The zero-order valence-electron chi connectivity index (χ0n) is 34.1. The highest BCUT2D eigenvalue weighted by Gasteiger charge is 2.28. The second-order valence-electron chi connectivity index (χ2n) is 14.5. The van der Waals surface area contributed by atoms with Gasteiger partial charge in [-0.1, -0.05) is 141 Å². The van der Waals surface area contributed by atoms with Crippen LogP contribution in [0.15, 0.2) is 24.3 Å². The van der Waals surface area contributed by atoms with Gasteiger partial charge in [0.25, 0.3) is 0 Å². The summed E-state index contributed by atoms with van der Waals surface area (Å²) >= 11 is 0. The molecule has 0 aliphatic rings. The molecule has 3 atom stereocenters. The van der Waals surface area contributed by atoms with Gasteiger partial charge in [-0.15, -0.1) is 0 Å². The number of phosphoric ester groups is 1. The fourth-order valence-electron chi connectivity index (χ4n) is 5.76. The number of carbonyl (C=O) groups excluding carboxylic acids is 2. The Morgan fingerprint density at radius 3 is 1.35 bits per heavy atom. The normalized spacial score (nSPS) is 14.0. The molecule has 4 N–H and O–H groups in total. The predicted molar refractivity (Wildman–Crippen MR) is 217 cm³/mol. The summed E-state index contributed by atoms with van der Waals surface area (Å²) in [5.41, 5.74) is 5.33. The molecule has 0 saturated heterocycles. The minimum Gasteiger partial charge on any atom is -0.480 e. The fourth-order valence-corrected chi connectivity index (χ4v) is 6.54. The van der Waals surface area contributed by atoms with Crippen molar-refractivity contribution in [1.82, 2.24) is 0 Å². The van der Waals surface area contributed by atoms with Crippen molar-refractivity contribution in [2.24, 2.45) is 5.73 Å². The van der Waals surface area contributed by atoms with Crippen LogP contribution >= 0.6 is 7.82 Å². The number of hydrogen-bond acceptors (Lipinski definition) is 9. The van der Waals surface area contributed by atoms with Gasteiger partial charge in [-0.25, -0.2) is 4.57 Å². The maximum atomic E-state index is 12.6. The van der Waals surface area contributed by atoms with Gasteiger partial charge in [0, 0.05) is 12.8 Å². The number of rotatable bonds is 40. The van der Waals surface area contributed by atoms with Crippen molar-refractivity contribution in [2.75, 3.05) is 19.8 Å². The van der Waals surface area contributed by atoms with Crippen LogP contribution in [-0.4, -0.2) is 59.9 Å². The van der Waals surface area contributed by atoms with E-state index in [2.05, 4.69) is 42.7 Å². The van der Waals surface area contributed by atoms with E-state index in [0.717, 1.165) is 77.0 Å². The lowest BCUT2D eigenvalue weighted by Gasteiger charge is -2.20. The Balaban J connectivity index is 4.40. The number of esters is 2. The second kappa shape index (κ2) is 37.9. The molecule has 0 aromatic rings. The van der Waals surface area contributed by atoms with Crippen LogP contribution in [0.25, 0.3) is 0 Å². The Labute approximate surface area is 328 Å². The summed E-state index contributed by atoms with van der Waals surface area (Å²) in [4.78, 5) is 45.9. The van der Waals surface area contributed by atoms with Crippen molar-refractivity contribution in [3.63, 3.8) is 0 Å². The average molecular weight is 788 g/mol. The molecular formula is C42H78NO10P. The zero-order valence-corrected chi connectivity index (χ0v) is 35.0. The largest absolute Gasteiger partial charge is 0.480 e. The molecule has 0 fully saturated rings. The van der Waals surface area contributed by atoms with Crippen LogP contribution in [0.1, 0.15) is 194 Å². The van der Waals surface area contributed by atoms with E-state index >= 15 is 0 Å². The molecule has 0 aliphatic carbocycles. The van der Waals surface area contributed by atoms with E-state index in [1.165, 1.54) is 77.0 Å². The van der Waals surface area contributed by atoms with Crippen molar-refractivity contribution < 1.29 is 47.5 Å². The third-order valence-corrected chi connectivity index (χ3v) is 10.1. The minimum absolute atomic E-state index is 0.151. The quantitative estimate of drug-likeness (QED) is 0.0233. The highest BCUT2D eigenvalue weighted by molar-refractivity contribution is 7.47. The number of ether oxygens (including phenoxy) is 2. The topological polar surface area (TPSA) is 172 Å². The number of hydrogen-bond donors (Lipinski definition) is 3.